The third kappa shape index (κ3) is 2.54. The predicted molar refractivity (Wildman–Crippen MR) is 85.8 cm³/mol. The van der Waals surface area contributed by atoms with E-state index >= 15 is 0 Å². The zero-order valence-corrected chi connectivity index (χ0v) is 13.9. The molecule has 1 fully saturated rings. The zero-order chi connectivity index (χ0) is 15.9. The Bertz CT molecular complexity index is 920. The van der Waals surface area contributed by atoms with Crippen molar-refractivity contribution < 1.29 is 8.42 Å². The van der Waals surface area contributed by atoms with Gasteiger partial charge in [0.05, 0.1) is 5.51 Å². The minimum absolute atomic E-state index is 0.0366. The molecule has 1 atom stereocenters. The van der Waals surface area contributed by atoms with E-state index in [2.05, 4.69) is 15.2 Å². The lowest BCUT2D eigenvalue weighted by atomic mass is 9.99. The Morgan fingerprint density at radius 2 is 2.17 bits per heavy atom. The first-order valence-electron chi connectivity index (χ1n) is 7.34. The highest BCUT2D eigenvalue weighted by molar-refractivity contribution is 7.89. The van der Waals surface area contributed by atoms with Crippen LogP contribution in [0.25, 0.3) is 5.65 Å². The van der Waals surface area contributed by atoms with Crippen molar-refractivity contribution >= 4 is 27.0 Å². The van der Waals surface area contributed by atoms with Crippen LogP contribution in [-0.4, -0.2) is 45.4 Å². The molecule has 1 unspecified atom stereocenters. The maximum atomic E-state index is 12.7. The molecule has 120 valence electrons. The number of thiazole rings is 1. The van der Waals surface area contributed by atoms with Gasteiger partial charge in [-0.15, -0.1) is 21.5 Å². The molecule has 0 aliphatic carbocycles. The second-order valence-corrected chi connectivity index (χ2v) is 8.12. The van der Waals surface area contributed by atoms with E-state index in [0.717, 1.165) is 24.3 Å². The first-order chi connectivity index (χ1) is 11.2. The van der Waals surface area contributed by atoms with Crippen LogP contribution in [-0.2, 0) is 10.0 Å². The minimum atomic E-state index is -3.52. The van der Waals surface area contributed by atoms with Gasteiger partial charge < -0.3 is 0 Å². The number of hydrogen-bond acceptors (Lipinski definition) is 6. The van der Waals surface area contributed by atoms with E-state index < -0.39 is 10.0 Å². The monoisotopic (exact) mass is 349 g/mol. The highest BCUT2D eigenvalue weighted by Crippen LogP contribution is 2.29. The average Bonchev–Trinajstić information content (AvgIpc) is 3.25. The van der Waals surface area contributed by atoms with Crippen LogP contribution < -0.4 is 0 Å². The van der Waals surface area contributed by atoms with Crippen molar-refractivity contribution in [3.05, 3.63) is 41.1 Å². The van der Waals surface area contributed by atoms with Gasteiger partial charge in [-0.25, -0.2) is 13.4 Å². The number of hydrogen-bond donors (Lipinski definition) is 0. The Hall–Kier alpha value is -1.84. The quantitative estimate of drug-likeness (QED) is 0.720. The van der Waals surface area contributed by atoms with Crippen LogP contribution in [0.4, 0.5) is 0 Å². The molecule has 1 aliphatic heterocycles. The largest absolute Gasteiger partial charge is 0.286 e. The molecule has 0 spiro atoms. The summed E-state index contributed by atoms with van der Waals surface area (Å²) < 4.78 is 28.8. The molecule has 23 heavy (non-hydrogen) atoms. The summed E-state index contributed by atoms with van der Waals surface area (Å²) >= 11 is 1.29. The van der Waals surface area contributed by atoms with Crippen LogP contribution in [0.15, 0.2) is 40.3 Å². The summed E-state index contributed by atoms with van der Waals surface area (Å²) in [7, 11) is -3.52. The van der Waals surface area contributed by atoms with E-state index in [-0.39, 0.29) is 10.9 Å². The number of piperidine rings is 1. The lowest BCUT2D eigenvalue weighted by molar-refractivity contribution is 0.307. The topological polar surface area (TPSA) is 80.5 Å². The minimum Gasteiger partial charge on any atom is -0.286 e. The van der Waals surface area contributed by atoms with Gasteiger partial charge in [0, 0.05) is 30.6 Å². The number of sulfonamides is 1. The first kappa shape index (κ1) is 14.7. The molecule has 4 rings (SSSR count). The van der Waals surface area contributed by atoms with Gasteiger partial charge in [0.1, 0.15) is 5.82 Å². The Labute approximate surface area is 137 Å². The van der Waals surface area contributed by atoms with Crippen molar-refractivity contribution in [2.24, 2.45) is 0 Å². The van der Waals surface area contributed by atoms with Gasteiger partial charge in [-0.3, -0.25) is 4.40 Å². The molecular formula is C14H15N5O2S2. The molecule has 1 saturated heterocycles. The summed E-state index contributed by atoms with van der Waals surface area (Å²) in [5.74, 6) is 0.855. The normalized spacial score (nSPS) is 20.1. The van der Waals surface area contributed by atoms with Gasteiger partial charge in [0.2, 0.25) is 0 Å². The molecule has 0 aromatic carbocycles. The Kier molecular flexibility index (Phi) is 3.63. The Balaban J connectivity index is 1.65. The molecule has 4 heterocycles. The van der Waals surface area contributed by atoms with Crippen LogP contribution in [0.3, 0.4) is 0 Å². The van der Waals surface area contributed by atoms with E-state index in [1.54, 1.807) is 10.9 Å². The summed E-state index contributed by atoms with van der Waals surface area (Å²) in [5.41, 5.74) is 2.32. The molecule has 0 N–H and O–H groups in total. The standard InChI is InChI=1S/C14H15N5O2S2/c20-23(21,13-9-22-10-15-13)18-6-3-4-11(8-18)14-17-16-12-5-1-2-7-19(12)14/h1-2,5,7,9-11H,3-4,6,8H2. The van der Waals surface area contributed by atoms with E-state index in [4.69, 9.17) is 0 Å². The molecule has 0 radical (unpaired) electrons. The Morgan fingerprint density at radius 1 is 1.26 bits per heavy atom. The van der Waals surface area contributed by atoms with E-state index in [1.807, 2.05) is 28.8 Å². The fourth-order valence-electron chi connectivity index (χ4n) is 2.97. The van der Waals surface area contributed by atoms with Crippen LogP contribution in [0.1, 0.15) is 24.6 Å². The molecule has 9 heteroatoms. The van der Waals surface area contributed by atoms with Crippen LogP contribution in [0.5, 0.6) is 0 Å². The fraction of sp³-hybridized carbons (Fsp3) is 0.357. The van der Waals surface area contributed by atoms with Crippen LogP contribution >= 0.6 is 11.3 Å². The molecule has 0 amide bonds. The summed E-state index contributed by atoms with van der Waals surface area (Å²) in [5, 5.41) is 10.1. The van der Waals surface area contributed by atoms with Crippen molar-refractivity contribution in [2.45, 2.75) is 23.8 Å². The molecule has 1 aliphatic rings. The number of rotatable bonds is 3. The molecular weight excluding hydrogens is 334 g/mol. The summed E-state index contributed by atoms with van der Waals surface area (Å²) in [4.78, 5) is 3.96. The van der Waals surface area contributed by atoms with Crippen molar-refractivity contribution in [1.82, 2.24) is 23.9 Å². The molecule has 7 nitrogen and oxygen atoms in total. The van der Waals surface area contributed by atoms with Crippen molar-refractivity contribution in [3.8, 4) is 0 Å². The van der Waals surface area contributed by atoms with Gasteiger partial charge in [-0.05, 0) is 25.0 Å². The smallest absolute Gasteiger partial charge is 0.261 e. The highest BCUT2D eigenvalue weighted by Gasteiger charge is 2.33. The van der Waals surface area contributed by atoms with Crippen molar-refractivity contribution in [3.63, 3.8) is 0 Å². The van der Waals surface area contributed by atoms with Gasteiger partial charge >= 0.3 is 0 Å². The first-order valence-corrected chi connectivity index (χ1v) is 9.72. The van der Waals surface area contributed by atoms with Crippen LogP contribution in [0, 0.1) is 0 Å². The highest BCUT2D eigenvalue weighted by atomic mass is 32.2. The number of pyridine rings is 1. The SMILES string of the molecule is O=S(=O)(c1cscn1)N1CCCC(c2nnc3ccccn23)C1. The number of aromatic nitrogens is 4. The summed E-state index contributed by atoms with van der Waals surface area (Å²) in [6, 6.07) is 5.73. The predicted octanol–water partition coefficient (Wildman–Crippen LogP) is 1.75. The van der Waals surface area contributed by atoms with E-state index in [0.29, 0.717) is 13.1 Å². The van der Waals surface area contributed by atoms with E-state index in [1.165, 1.54) is 15.6 Å². The fourth-order valence-corrected chi connectivity index (χ4v) is 5.30. The molecule has 3 aromatic rings. The van der Waals surface area contributed by atoms with Gasteiger partial charge in [-0.1, -0.05) is 6.07 Å². The molecule has 3 aromatic heterocycles. The third-order valence-corrected chi connectivity index (χ3v) is 6.60. The lowest BCUT2D eigenvalue weighted by Crippen LogP contribution is -2.39. The number of fused-ring (bicyclic) bond motifs is 1. The Morgan fingerprint density at radius 3 is 3.00 bits per heavy atom. The molecule has 0 bridgehead atoms. The number of nitrogens with zero attached hydrogens (tertiary/aromatic N) is 5. The zero-order valence-electron chi connectivity index (χ0n) is 12.2. The summed E-state index contributed by atoms with van der Waals surface area (Å²) in [6.45, 7) is 0.933. The lowest BCUT2D eigenvalue weighted by Gasteiger charge is -2.30. The molecule has 0 saturated carbocycles. The van der Waals surface area contributed by atoms with Crippen molar-refractivity contribution in [1.29, 1.82) is 0 Å². The maximum Gasteiger partial charge on any atom is 0.261 e. The van der Waals surface area contributed by atoms with Crippen molar-refractivity contribution in [2.75, 3.05) is 13.1 Å². The van der Waals surface area contributed by atoms with Gasteiger partial charge in [0.15, 0.2) is 10.7 Å². The maximum absolute atomic E-state index is 12.7. The second kappa shape index (κ2) is 5.66. The average molecular weight is 349 g/mol. The summed E-state index contributed by atoms with van der Waals surface area (Å²) in [6.07, 6.45) is 3.62. The van der Waals surface area contributed by atoms with E-state index in [9.17, 15) is 8.42 Å². The third-order valence-electron chi connectivity index (χ3n) is 4.10. The second-order valence-electron chi connectivity index (χ2n) is 5.52. The van der Waals surface area contributed by atoms with Gasteiger partial charge in [-0.2, -0.15) is 4.31 Å². The van der Waals surface area contributed by atoms with Gasteiger partial charge in [0.25, 0.3) is 10.0 Å². The van der Waals surface area contributed by atoms with Crippen LogP contribution in [0.2, 0.25) is 0 Å².